The van der Waals surface area contributed by atoms with Crippen LogP contribution in [0.1, 0.15) is 6.42 Å². The lowest BCUT2D eigenvalue weighted by molar-refractivity contribution is 0.161. The number of ether oxygens (including phenoxy) is 1. The van der Waals surface area contributed by atoms with E-state index in [0.29, 0.717) is 12.2 Å². The third kappa shape index (κ3) is 2.88. The third-order valence-corrected chi connectivity index (χ3v) is 2.62. The summed E-state index contributed by atoms with van der Waals surface area (Å²) in [5.74, 6) is 0.544. The summed E-state index contributed by atoms with van der Waals surface area (Å²) in [6.45, 7) is 3.70. The van der Waals surface area contributed by atoms with Crippen molar-refractivity contribution in [3.8, 4) is 5.75 Å². The second-order valence-corrected chi connectivity index (χ2v) is 3.91. The highest BCUT2D eigenvalue weighted by molar-refractivity contribution is 5.73. The van der Waals surface area contributed by atoms with Crippen molar-refractivity contribution in [3.63, 3.8) is 0 Å². The number of para-hydroxylation sites is 1. The van der Waals surface area contributed by atoms with E-state index in [-0.39, 0.29) is 12.1 Å². The number of benzene rings is 1. The summed E-state index contributed by atoms with van der Waals surface area (Å²) in [5.41, 5.74) is 0. The summed E-state index contributed by atoms with van der Waals surface area (Å²) in [7, 11) is 0. The summed E-state index contributed by atoms with van der Waals surface area (Å²) in [6.07, 6.45) is 9.51. The van der Waals surface area contributed by atoms with E-state index in [9.17, 15) is 4.79 Å². The van der Waals surface area contributed by atoms with Crippen molar-refractivity contribution in [2.45, 2.75) is 12.5 Å². The molecule has 0 saturated heterocycles. The number of rotatable bonds is 3. The summed E-state index contributed by atoms with van der Waals surface area (Å²) in [5, 5.41) is 0. The highest BCUT2D eigenvalue weighted by Gasteiger charge is 2.21. The molecule has 0 aliphatic carbocycles. The first-order chi connectivity index (χ1) is 8.81. The first-order valence-electron chi connectivity index (χ1n) is 5.82. The minimum atomic E-state index is -0.381. The van der Waals surface area contributed by atoms with Gasteiger partial charge in [0.25, 0.3) is 0 Å². The zero-order valence-electron chi connectivity index (χ0n) is 10.0. The summed E-state index contributed by atoms with van der Waals surface area (Å²) in [6, 6.07) is 9.02. The Morgan fingerprint density at radius 2 is 2.11 bits per heavy atom. The average molecular weight is 241 g/mol. The maximum Gasteiger partial charge on any atom is 0.419 e. The molecule has 0 aromatic heterocycles. The second kappa shape index (κ2) is 5.87. The van der Waals surface area contributed by atoms with E-state index < -0.39 is 0 Å². The molecule has 92 valence electrons. The second-order valence-electron chi connectivity index (χ2n) is 3.91. The number of carbonyl (C=O) groups excluding carboxylic acids is 1. The maximum atomic E-state index is 12.0. The summed E-state index contributed by atoms with van der Waals surface area (Å²) >= 11 is 0. The van der Waals surface area contributed by atoms with E-state index >= 15 is 0 Å². The molecule has 3 nitrogen and oxygen atoms in total. The van der Waals surface area contributed by atoms with Gasteiger partial charge in [-0.1, -0.05) is 36.4 Å². The number of amides is 1. The van der Waals surface area contributed by atoms with E-state index in [1.54, 1.807) is 29.3 Å². The Morgan fingerprint density at radius 3 is 2.83 bits per heavy atom. The topological polar surface area (TPSA) is 29.5 Å². The van der Waals surface area contributed by atoms with Crippen molar-refractivity contribution in [1.29, 1.82) is 0 Å². The minimum absolute atomic E-state index is 0.0243. The van der Waals surface area contributed by atoms with Crippen LogP contribution >= 0.6 is 0 Å². The number of allylic oxidation sites excluding steroid dienone is 2. The first kappa shape index (κ1) is 12.2. The van der Waals surface area contributed by atoms with Crippen LogP contribution in [-0.4, -0.2) is 17.0 Å². The van der Waals surface area contributed by atoms with E-state index in [4.69, 9.17) is 4.74 Å². The Balaban J connectivity index is 2.06. The molecule has 1 atom stereocenters. The lowest BCUT2D eigenvalue weighted by Crippen LogP contribution is -2.37. The standard InChI is InChI=1S/C15H15NO2/c1-2-8-13-9-6-7-12-16(13)15(17)18-14-10-4-3-5-11-14/h2-7,9-13H,1,8H2. The van der Waals surface area contributed by atoms with Gasteiger partial charge in [-0.3, -0.25) is 4.90 Å². The molecule has 3 heteroatoms. The van der Waals surface area contributed by atoms with Crippen LogP contribution in [0.5, 0.6) is 5.75 Å². The van der Waals surface area contributed by atoms with Gasteiger partial charge in [-0.25, -0.2) is 4.79 Å². The Morgan fingerprint density at radius 1 is 1.33 bits per heavy atom. The van der Waals surface area contributed by atoms with Gasteiger partial charge in [-0.05, 0) is 24.6 Å². The van der Waals surface area contributed by atoms with Gasteiger partial charge >= 0.3 is 6.09 Å². The van der Waals surface area contributed by atoms with E-state index in [1.807, 2.05) is 36.4 Å². The molecule has 1 aliphatic heterocycles. The summed E-state index contributed by atoms with van der Waals surface area (Å²) < 4.78 is 5.30. The van der Waals surface area contributed by atoms with Crippen LogP contribution in [0.3, 0.4) is 0 Å². The van der Waals surface area contributed by atoms with Crippen molar-refractivity contribution in [1.82, 2.24) is 4.90 Å². The van der Waals surface area contributed by atoms with Crippen molar-refractivity contribution in [2.24, 2.45) is 0 Å². The molecule has 1 amide bonds. The fraction of sp³-hybridized carbons (Fsp3) is 0.133. The number of hydrogen-bond donors (Lipinski definition) is 0. The van der Waals surface area contributed by atoms with Crippen LogP contribution in [0, 0.1) is 0 Å². The zero-order valence-corrected chi connectivity index (χ0v) is 10.0. The van der Waals surface area contributed by atoms with Crippen LogP contribution in [0.25, 0.3) is 0 Å². The normalized spacial score (nSPS) is 17.6. The van der Waals surface area contributed by atoms with E-state index in [2.05, 4.69) is 6.58 Å². The lowest BCUT2D eigenvalue weighted by Gasteiger charge is -2.26. The Bertz CT molecular complexity index is 477. The molecule has 1 unspecified atom stereocenters. The molecule has 0 spiro atoms. The molecular weight excluding hydrogens is 226 g/mol. The van der Waals surface area contributed by atoms with Gasteiger partial charge in [0.2, 0.25) is 0 Å². The Kier molecular flexibility index (Phi) is 3.97. The first-order valence-corrected chi connectivity index (χ1v) is 5.82. The van der Waals surface area contributed by atoms with Crippen molar-refractivity contribution >= 4 is 6.09 Å². The van der Waals surface area contributed by atoms with Crippen LogP contribution in [-0.2, 0) is 0 Å². The fourth-order valence-corrected chi connectivity index (χ4v) is 1.74. The van der Waals surface area contributed by atoms with Gasteiger partial charge in [0.1, 0.15) is 5.75 Å². The van der Waals surface area contributed by atoms with Gasteiger partial charge in [-0.2, -0.15) is 0 Å². The Labute approximate surface area is 107 Å². The molecule has 0 saturated carbocycles. The molecular formula is C15H15NO2. The van der Waals surface area contributed by atoms with Crippen molar-refractivity contribution in [2.75, 3.05) is 0 Å². The number of hydrogen-bond acceptors (Lipinski definition) is 2. The third-order valence-electron chi connectivity index (χ3n) is 2.62. The van der Waals surface area contributed by atoms with E-state index in [0.717, 1.165) is 0 Å². The lowest BCUT2D eigenvalue weighted by atomic mass is 10.1. The molecule has 0 bridgehead atoms. The fourth-order valence-electron chi connectivity index (χ4n) is 1.74. The zero-order chi connectivity index (χ0) is 12.8. The van der Waals surface area contributed by atoms with Gasteiger partial charge in [-0.15, -0.1) is 6.58 Å². The number of nitrogens with zero attached hydrogens (tertiary/aromatic N) is 1. The van der Waals surface area contributed by atoms with Gasteiger partial charge < -0.3 is 4.74 Å². The van der Waals surface area contributed by atoms with Crippen molar-refractivity contribution in [3.05, 3.63) is 67.4 Å². The van der Waals surface area contributed by atoms with Crippen LogP contribution < -0.4 is 4.74 Å². The smallest absolute Gasteiger partial charge is 0.410 e. The van der Waals surface area contributed by atoms with Crippen LogP contribution in [0.4, 0.5) is 4.79 Å². The molecule has 0 N–H and O–H groups in total. The van der Waals surface area contributed by atoms with Gasteiger partial charge in [0, 0.05) is 6.20 Å². The molecule has 0 radical (unpaired) electrons. The molecule has 1 heterocycles. The number of carbonyl (C=O) groups is 1. The summed E-state index contributed by atoms with van der Waals surface area (Å²) in [4.78, 5) is 13.6. The molecule has 1 aromatic carbocycles. The highest BCUT2D eigenvalue weighted by Crippen LogP contribution is 2.16. The van der Waals surface area contributed by atoms with Crippen LogP contribution in [0.2, 0.25) is 0 Å². The average Bonchev–Trinajstić information content (AvgIpc) is 2.41. The predicted octanol–water partition coefficient (Wildman–Crippen LogP) is 3.52. The van der Waals surface area contributed by atoms with Gasteiger partial charge in [0.15, 0.2) is 0 Å². The van der Waals surface area contributed by atoms with Crippen LogP contribution in [0.15, 0.2) is 67.4 Å². The van der Waals surface area contributed by atoms with Gasteiger partial charge in [0.05, 0.1) is 6.04 Å². The van der Waals surface area contributed by atoms with E-state index in [1.165, 1.54) is 0 Å². The maximum absolute atomic E-state index is 12.0. The molecule has 0 fully saturated rings. The van der Waals surface area contributed by atoms with Crippen molar-refractivity contribution < 1.29 is 9.53 Å². The highest BCUT2D eigenvalue weighted by atomic mass is 16.6. The monoisotopic (exact) mass is 241 g/mol. The molecule has 1 aliphatic rings. The minimum Gasteiger partial charge on any atom is -0.410 e. The largest absolute Gasteiger partial charge is 0.419 e. The molecule has 1 aromatic rings. The molecule has 18 heavy (non-hydrogen) atoms. The SMILES string of the molecule is C=CCC1C=CC=CN1C(=O)Oc1ccccc1. The predicted molar refractivity (Wildman–Crippen MR) is 71.2 cm³/mol. The Hall–Kier alpha value is -2.29. The quantitative estimate of drug-likeness (QED) is 0.758. The molecule has 2 rings (SSSR count).